The molecule has 2 aromatic heterocycles. The minimum absolute atomic E-state index is 0.301. The van der Waals surface area contributed by atoms with Crippen LogP contribution >= 0.6 is 0 Å². The van der Waals surface area contributed by atoms with Gasteiger partial charge in [-0.2, -0.15) is 0 Å². The van der Waals surface area contributed by atoms with Gasteiger partial charge in [0.1, 0.15) is 0 Å². The van der Waals surface area contributed by atoms with Gasteiger partial charge in [-0.1, -0.05) is 0 Å². The molecule has 92 valence electrons. The summed E-state index contributed by atoms with van der Waals surface area (Å²) in [5.74, 6) is 0. The first-order valence-electron chi connectivity index (χ1n) is 5.91. The third-order valence-electron chi connectivity index (χ3n) is 3.07. The van der Waals surface area contributed by atoms with Crippen LogP contribution in [0.2, 0.25) is 14.8 Å². The van der Waals surface area contributed by atoms with Crippen molar-refractivity contribution < 1.29 is 8.83 Å². The van der Waals surface area contributed by atoms with Gasteiger partial charge in [-0.25, -0.2) is 0 Å². The van der Waals surface area contributed by atoms with Crippen molar-refractivity contribution in [2.45, 2.75) is 14.8 Å². The van der Waals surface area contributed by atoms with Crippen molar-refractivity contribution in [3.8, 4) is 0 Å². The Morgan fingerprint density at radius 2 is 1.72 bits per heavy atom. The Labute approximate surface area is 108 Å². The predicted molar refractivity (Wildman–Crippen MR) is 75.2 cm³/mol. The summed E-state index contributed by atoms with van der Waals surface area (Å²) in [4.78, 5) is 18.3. The van der Waals surface area contributed by atoms with Crippen LogP contribution in [0.3, 0.4) is 0 Å². The topological polar surface area (TPSA) is 43.4 Å². The maximum atomic E-state index is 11.5. The zero-order chi connectivity index (χ0) is 12.9. The molecular formula is C14H14O3Sn. The summed E-state index contributed by atoms with van der Waals surface area (Å²) in [6.07, 6.45) is 1.70. The average molecular weight is 349 g/mol. The Bertz CT molecular complexity index is 790. The van der Waals surface area contributed by atoms with Crippen LogP contribution < -0.4 is 9.20 Å². The van der Waals surface area contributed by atoms with Gasteiger partial charge in [0.15, 0.2) is 0 Å². The summed E-state index contributed by atoms with van der Waals surface area (Å²) >= 11 is -2.45. The summed E-state index contributed by atoms with van der Waals surface area (Å²) in [7, 11) is 0. The molecule has 18 heavy (non-hydrogen) atoms. The van der Waals surface area contributed by atoms with Gasteiger partial charge in [0, 0.05) is 0 Å². The molecule has 0 unspecified atom stereocenters. The molecule has 0 saturated carbocycles. The number of hydrogen-bond acceptors (Lipinski definition) is 3. The first kappa shape index (κ1) is 11.8. The van der Waals surface area contributed by atoms with E-state index >= 15 is 0 Å². The Balaban J connectivity index is 2.61. The monoisotopic (exact) mass is 350 g/mol. The maximum absolute atomic E-state index is 11.5. The summed E-state index contributed by atoms with van der Waals surface area (Å²) in [6.45, 7) is 0. The van der Waals surface area contributed by atoms with Crippen LogP contribution in [-0.2, 0) is 0 Å². The molecule has 0 atom stereocenters. The van der Waals surface area contributed by atoms with E-state index in [1.165, 1.54) is 6.07 Å². The van der Waals surface area contributed by atoms with Crippen LogP contribution in [0.15, 0.2) is 44.2 Å². The average Bonchev–Trinajstić information content (AvgIpc) is 2.71. The van der Waals surface area contributed by atoms with Crippen LogP contribution in [0.1, 0.15) is 0 Å². The molecule has 0 amide bonds. The van der Waals surface area contributed by atoms with Gasteiger partial charge in [-0.05, 0) is 0 Å². The van der Waals surface area contributed by atoms with Crippen molar-refractivity contribution >= 4 is 43.9 Å². The van der Waals surface area contributed by atoms with Crippen molar-refractivity contribution in [1.29, 1.82) is 0 Å². The van der Waals surface area contributed by atoms with Crippen molar-refractivity contribution in [2.75, 3.05) is 0 Å². The first-order valence-corrected chi connectivity index (χ1v) is 15.9. The predicted octanol–water partition coefficient (Wildman–Crippen LogP) is 3.08. The molecule has 0 saturated heterocycles. The number of fused-ring (bicyclic) bond motifs is 2. The van der Waals surface area contributed by atoms with E-state index in [0.29, 0.717) is 5.58 Å². The summed E-state index contributed by atoms with van der Waals surface area (Å²) in [5, 5.41) is 2.06. The van der Waals surface area contributed by atoms with Crippen LogP contribution in [0.5, 0.6) is 0 Å². The van der Waals surface area contributed by atoms with Gasteiger partial charge in [-0.15, -0.1) is 0 Å². The Morgan fingerprint density at radius 3 is 2.44 bits per heavy atom. The standard InChI is InChI=1S/C11H5O3.3CH3.Sn/c12-11-2-1-7-5-8-3-4-13-9(8)6-10(7)14-11;;;;/h1-5H;3*1H3;. The second-order valence-corrected chi connectivity index (χ2v) is 19.8. The molecule has 0 aliphatic carbocycles. The molecule has 3 nitrogen and oxygen atoms in total. The molecule has 0 aliphatic rings. The molecule has 0 spiro atoms. The fraction of sp³-hybridized carbons (Fsp3) is 0.214. The van der Waals surface area contributed by atoms with Gasteiger partial charge in [0.2, 0.25) is 0 Å². The fourth-order valence-electron chi connectivity index (χ4n) is 2.32. The quantitative estimate of drug-likeness (QED) is 0.501. The first-order chi connectivity index (χ1) is 8.47. The molecule has 0 bridgehead atoms. The SMILES string of the molecule is [CH3][Sn]([CH3])([CH3])[c]1c2occc2cc2ccc(=O)oc12. The van der Waals surface area contributed by atoms with E-state index in [4.69, 9.17) is 8.83 Å². The van der Waals surface area contributed by atoms with E-state index < -0.39 is 18.4 Å². The molecule has 1 aromatic carbocycles. The summed E-state index contributed by atoms with van der Waals surface area (Å²) in [6, 6.07) is 7.27. The number of hydrogen-bond donors (Lipinski definition) is 0. The van der Waals surface area contributed by atoms with Crippen LogP contribution in [0, 0.1) is 0 Å². The second-order valence-electron chi connectivity index (χ2n) is 5.51. The van der Waals surface area contributed by atoms with Crippen LogP contribution in [0.25, 0.3) is 21.9 Å². The van der Waals surface area contributed by atoms with Crippen molar-refractivity contribution in [3.05, 3.63) is 40.9 Å². The number of benzene rings is 1. The molecule has 2 heterocycles. The zero-order valence-corrected chi connectivity index (χ0v) is 13.5. The molecule has 4 heteroatoms. The molecule has 0 fully saturated rings. The molecule has 0 radical (unpaired) electrons. The zero-order valence-electron chi connectivity index (χ0n) is 10.6. The van der Waals surface area contributed by atoms with Crippen LogP contribution in [-0.4, -0.2) is 18.4 Å². The van der Waals surface area contributed by atoms with Crippen molar-refractivity contribution in [2.24, 2.45) is 0 Å². The van der Waals surface area contributed by atoms with Gasteiger partial charge >= 0.3 is 108 Å². The molecule has 0 N–H and O–H groups in total. The van der Waals surface area contributed by atoms with Crippen molar-refractivity contribution in [1.82, 2.24) is 0 Å². The van der Waals surface area contributed by atoms with Crippen LogP contribution in [0.4, 0.5) is 0 Å². The Morgan fingerprint density at radius 1 is 1.00 bits per heavy atom. The van der Waals surface area contributed by atoms with E-state index in [-0.39, 0.29) is 5.63 Å². The summed E-state index contributed by atoms with van der Waals surface area (Å²) in [5.41, 5.74) is 1.30. The Kier molecular flexibility index (Phi) is 2.55. The van der Waals surface area contributed by atoms with Crippen molar-refractivity contribution in [3.63, 3.8) is 0 Å². The van der Waals surface area contributed by atoms with E-state index in [9.17, 15) is 4.79 Å². The van der Waals surface area contributed by atoms with Gasteiger partial charge < -0.3 is 0 Å². The van der Waals surface area contributed by atoms with E-state index in [1.54, 1.807) is 6.26 Å². The number of furan rings is 1. The molecular weight excluding hydrogens is 335 g/mol. The van der Waals surface area contributed by atoms with E-state index in [2.05, 4.69) is 14.8 Å². The van der Waals surface area contributed by atoms with Gasteiger partial charge in [0.05, 0.1) is 0 Å². The normalized spacial score (nSPS) is 12.4. The van der Waals surface area contributed by atoms with Gasteiger partial charge in [-0.3, -0.25) is 0 Å². The van der Waals surface area contributed by atoms with E-state index in [0.717, 1.165) is 19.9 Å². The molecule has 3 rings (SSSR count). The second kappa shape index (κ2) is 3.88. The molecule has 0 aliphatic heterocycles. The minimum atomic E-state index is -2.45. The molecule has 3 aromatic rings. The summed E-state index contributed by atoms with van der Waals surface area (Å²) < 4.78 is 12.2. The third kappa shape index (κ3) is 1.77. The van der Waals surface area contributed by atoms with Gasteiger partial charge in [0.25, 0.3) is 0 Å². The van der Waals surface area contributed by atoms with E-state index in [1.807, 2.05) is 18.2 Å². The Hall–Kier alpha value is -1.23. The number of rotatable bonds is 1. The third-order valence-corrected chi connectivity index (χ3v) is 8.65. The fourth-order valence-corrected chi connectivity index (χ4v) is 7.35.